The number of rotatable bonds is 3. The van der Waals surface area contributed by atoms with Gasteiger partial charge in [-0.05, 0) is 44.4 Å². The van der Waals surface area contributed by atoms with Crippen molar-refractivity contribution in [1.29, 1.82) is 0 Å². The molecule has 3 nitrogen and oxygen atoms in total. The van der Waals surface area contributed by atoms with E-state index in [2.05, 4.69) is 0 Å². The standard InChI is InChI=1S/C16H17Cl2NO2/c1-4-15(2,3)19-13(20)10-8-16(10,14(19)21)9-5-6-11(17)12(18)7-9/h5-7,10H,4,8H2,1-3H3. The quantitative estimate of drug-likeness (QED) is 0.792. The molecule has 21 heavy (non-hydrogen) atoms. The summed E-state index contributed by atoms with van der Waals surface area (Å²) >= 11 is 12.0. The number of piperidine rings is 1. The number of nitrogens with zero attached hydrogens (tertiary/aromatic N) is 1. The maximum Gasteiger partial charge on any atom is 0.241 e. The van der Waals surface area contributed by atoms with E-state index in [0.29, 0.717) is 16.5 Å². The third-order valence-electron chi connectivity index (χ3n) is 4.97. The summed E-state index contributed by atoms with van der Waals surface area (Å²) in [6.07, 6.45) is 1.31. The molecule has 1 aromatic carbocycles. The molecule has 0 aromatic heterocycles. The van der Waals surface area contributed by atoms with E-state index in [1.165, 1.54) is 4.90 Å². The molecule has 2 amide bonds. The highest BCUT2D eigenvalue weighted by molar-refractivity contribution is 6.42. The van der Waals surface area contributed by atoms with Gasteiger partial charge in [-0.25, -0.2) is 0 Å². The second kappa shape index (κ2) is 4.47. The van der Waals surface area contributed by atoms with Crippen molar-refractivity contribution in [2.24, 2.45) is 5.92 Å². The molecule has 2 fully saturated rings. The SMILES string of the molecule is CCC(C)(C)N1C(=O)C2CC2(c2ccc(Cl)c(Cl)c2)C1=O. The van der Waals surface area contributed by atoms with Crippen molar-refractivity contribution in [3.05, 3.63) is 33.8 Å². The zero-order valence-corrected chi connectivity index (χ0v) is 13.8. The van der Waals surface area contributed by atoms with Gasteiger partial charge in [0.2, 0.25) is 11.8 Å². The fourth-order valence-electron chi connectivity index (χ4n) is 3.20. The van der Waals surface area contributed by atoms with E-state index in [0.717, 1.165) is 12.0 Å². The summed E-state index contributed by atoms with van der Waals surface area (Å²) in [5, 5.41) is 0.874. The third kappa shape index (κ3) is 1.87. The van der Waals surface area contributed by atoms with Crippen LogP contribution in [0.1, 0.15) is 39.2 Å². The molecular formula is C16H17Cl2NO2. The summed E-state index contributed by atoms with van der Waals surface area (Å²) < 4.78 is 0. The van der Waals surface area contributed by atoms with Crippen LogP contribution in [0, 0.1) is 5.92 Å². The van der Waals surface area contributed by atoms with Gasteiger partial charge in [0.25, 0.3) is 0 Å². The Hall–Kier alpha value is -1.06. The fourth-order valence-corrected chi connectivity index (χ4v) is 3.50. The maximum atomic E-state index is 12.9. The lowest BCUT2D eigenvalue weighted by Crippen LogP contribution is -2.50. The second-order valence-electron chi connectivity index (χ2n) is 6.50. The van der Waals surface area contributed by atoms with Gasteiger partial charge < -0.3 is 0 Å². The first-order valence-corrected chi connectivity index (χ1v) is 7.85. The van der Waals surface area contributed by atoms with Crippen LogP contribution in [0.15, 0.2) is 18.2 Å². The molecule has 0 radical (unpaired) electrons. The summed E-state index contributed by atoms with van der Waals surface area (Å²) in [4.78, 5) is 26.9. The lowest BCUT2D eigenvalue weighted by molar-refractivity contribution is -0.148. The summed E-state index contributed by atoms with van der Waals surface area (Å²) in [6, 6.07) is 5.22. The van der Waals surface area contributed by atoms with Crippen LogP contribution in [-0.2, 0) is 15.0 Å². The van der Waals surface area contributed by atoms with E-state index in [-0.39, 0.29) is 17.7 Å². The molecule has 1 heterocycles. The smallest absolute Gasteiger partial charge is 0.241 e. The number of carbonyl (C=O) groups is 2. The van der Waals surface area contributed by atoms with E-state index < -0.39 is 11.0 Å². The predicted octanol–water partition coefficient (Wildman–Crippen LogP) is 3.81. The maximum absolute atomic E-state index is 12.9. The number of benzene rings is 1. The monoisotopic (exact) mass is 325 g/mol. The Labute approximate surface area is 134 Å². The molecule has 0 spiro atoms. The number of hydrogen-bond donors (Lipinski definition) is 0. The summed E-state index contributed by atoms with van der Waals surface area (Å²) in [6.45, 7) is 5.84. The lowest BCUT2D eigenvalue weighted by Gasteiger charge is -2.35. The molecule has 112 valence electrons. The molecule has 0 bridgehead atoms. The van der Waals surface area contributed by atoms with E-state index in [9.17, 15) is 9.59 Å². The summed E-state index contributed by atoms with van der Waals surface area (Å²) in [5.74, 6) is -0.395. The first-order chi connectivity index (χ1) is 9.75. The Morgan fingerprint density at radius 3 is 2.52 bits per heavy atom. The molecule has 1 aromatic rings. The van der Waals surface area contributed by atoms with Gasteiger partial charge in [0.1, 0.15) is 0 Å². The van der Waals surface area contributed by atoms with E-state index >= 15 is 0 Å². The molecule has 1 saturated heterocycles. The third-order valence-corrected chi connectivity index (χ3v) is 5.71. The van der Waals surface area contributed by atoms with Gasteiger partial charge in [0, 0.05) is 5.54 Å². The first kappa shape index (κ1) is 14.9. The Balaban J connectivity index is 2.04. The largest absolute Gasteiger partial charge is 0.276 e. The highest BCUT2D eigenvalue weighted by Gasteiger charge is 2.73. The normalized spacial score (nSPS) is 28.0. The zero-order chi connectivity index (χ0) is 15.6. The van der Waals surface area contributed by atoms with Gasteiger partial charge in [-0.15, -0.1) is 0 Å². The van der Waals surface area contributed by atoms with Crippen LogP contribution in [0.25, 0.3) is 0 Å². The lowest BCUT2D eigenvalue weighted by atomic mass is 9.92. The minimum atomic E-state index is -0.711. The molecular weight excluding hydrogens is 309 g/mol. The zero-order valence-electron chi connectivity index (χ0n) is 12.2. The minimum Gasteiger partial charge on any atom is -0.276 e. The van der Waals surface area contributed by atoms with Crippen molar-refractivity contribution < 1.29 is 9.59 Å². The van der Waals surface area contributed by atoms with E-state index in [1.807, 2.05) is 26.8 Å². The van der Waals surface area contributed by atoms with Gasteiger partial charge in [0.15, 0.2) is 0 Å². The molecule has 0 N–H and O–H groups in total. The predicted molar refractivity (Wildman–Crippen MR) is 82.5 cm³/mol. The molecule has 1 aliphatic heterocycles. The number of imide groups is 1. The Morgan fingerprint density at radius 2 is 1.95 bits per heavy atom. The van der Waals surface area contributed by atoms with Gasteiger partial charge in [-0.2, -0.15) is 0 Å². The van der Waals surface area contributed by atoms with Crippen molar-refractivity contribution in [3.8, 4) is 0 Å². The molecule has 2 atom stereocenters. The Morgan fingerprint density at radius 1 is 1.29 bits per heavy atom. The molecule has 1 saturated carbocycles. The second-order valence-corrected chi connectivity index (χ2v) is 7.32. The molecule has 2 unspecified atom stereocenters. The fraction of sp³-hybridized carbons (Fsp3) is 0.500. The van der Waals surface area contributed by atoms with Gasteiger partial charge in [0.05, 0.1) is 21.4 Å². The van der Waals surface area contributed by atoms with Crippen molar-refractivity contribution >= 4 is 35.0 Å². The van der Waals surface area contributed by atoms with Crippen LogP contribution in [-0.4, -0.2) is 22.3 Å². The van der Waals surface area contributed by atoms with Crippen LogP contribution in [0.5, 0.6) is 0 Å². The topological polar surface area (TPSA) is 37.4 Å². The van der Waals surface area contributed by atoms with Crippen molar-refractivity contribution in [1.82, 2.24) is 4.90 Å². The van der Waals surface area contributed by atoms with Crippen LogP contribution in [0.2, 0.25) is 10.0 Å². The molecule has 1 aliphatic carbocycles. The summed E-state index contributed by atoms with van der Waals surface area (Å²) in [5.41, 5.74) is -0.364. The number of halogens is 2. The van der Waals surface area contributed by atoms with Crippen molar-refractivity contribution in [2.75, 3.05) is 0 Å². The van der Waals surface area contributed by atoms with E-state index in [1.54, 1.807) is 12.1 Å². The molecule has 5 heteroatoms. The molecule has 2 aliphatic rings. The highest BCUT2D eigenvalue weighted by Crippen LogP contribution is 2.62. The average molecular weight is 326 g/mol. The molecule has 3 rings (SSSR count). The van der Waals surface area contributed by atoms with Gasteiger partial charge in [-0.3, -0.25) is 14.5 Å². The number of likely N-dealkylation sites (tertiary alicyclic amines) is 1. The number of fused-ring (bicyclic) bond motifs is 1. The van der Waals surface area contributed by atoms with Crippen LogP contribution < -0.4 is 0 Å². The number of hydrogen-bond acceptors (Lipinski definition) is 2. The van der Waals surface area contributed by atoms with Gasteiger partial charge in [-0.1, -0.05) is 36.2 Å². The summed E-state index contributed by atoms with van der Waals surface area (Å²) in [7, 11) is 0. The minimum absolute atomic E-state index is 0.0575. The van der Waals surface area contributed by atoms with Crippen LogP contribution in [0.3, 0.4) is 0 Å². The van der Waals surface area contributed by atoms with Crippen molar-refractivity contribution in [2.45, 2.75) is 44.6 Å². The van der Waals surface area contributed by atoms with Crippen LogP contribution >= 0.6 is 23.2 Å². The Bertz CT molecular complexity index is 656. The average Bonchev–Trinajstić information content (AvgIpc) is 3.13. The van der Waals surface area contributed by atoms with E-state index in [4.69, 9.17) is 23.2 Å². The van der Waals surface area contributed by atoms with Crippen LogP contribution in [0.4, 0.5) is 0 Å². The Kier molecular flexibility index (Phi) is 3.16. The number of carbonyl (C=O) groups excluding carboxylic acids is 2. The number of amides is 2. The highest BCUT2D eigenvalue weighted by atomic mass is 35.5. The van der Waals surface area contributed by atoms with Crippen molar-refractivity contribution in [3.63, 3.8) is 0 Å². The van der Waals surface area contributed by atoms with Gasteiger partial charge >= 0.3 is 0 Å². The first-order valence-electron chi connectivity index (χ1n) is 7.09.